The van der Waals surface area contributed by atoms with Crippen molar-refractivity contribution in [1.29, 1.82) is 0 Å². The second-order valence-electron chi connectivity index (χ2n) is 5.24. The molecule has 0 aromatic heterocycles. The fraction of sp³-hybridized carbons (Fsp3) is 0.176. The van der Waals surface area contributed by atoms with Crippen molar-refractivity contribution >= 4 is 27.5 Å². The van der Waals surface area contributed by atoms with Crippen LogP contribution in [0.1, 0.15) is 17.3 Å². The Hall–Kier alpha value is -3.07. The molecule has 0 aliphatic heterocycles. The van der Waals surface area contributed by atoms with E-state index >= 15 is 0 Å². The molecule has 26 heavy (non-hydrogen) atoms. The maximum absolute atomic E-state index is 12.4. The number of nitrogens with two attached hydrogens (primary N) is 1. The number of hydrogen-bond donors (Lipinski definition) is 3. The molecule has 0 spiro atoms. The Labute approximate surface area is 151 Å². The Bertz CT molecular complexity index is 878. The molecule has 0 saturated carbocycles. The summed E-state index contributed by atoms with van der Waals surface area (Å²) in [6, 6.07) is 11.8. The number of carbonyl (C=O) groups excluding carboxylic acids is 2. The van der Waals surface area contributed by atoms with Crippen LogP contribution in [0.2, 0.25) is 0 Å². The summed E-state index contributed by atoms with van der Waals surface area (Å²) in [4.78, 5) is 22.5. The molecule has 2 rings (SSSR count). The van der Waals surface area contributed by atoms with Crippen LogP contribution in [0.4, 0.5) is 5.69 Å². The van der Waals surface area contributed by atoms with E-state index in [-0.39, 0.29) is 17.0 Å². The van der Waals surface area contributed by atoms with Gasteiger partial charge < -0.3 is 15.8 Å². The number of hydrogen-bond acceptors (Lipinski definition) is 5. The van der Waals surface area contributed by atoms with E-state index in [1.807, 2.05) is 6.92 Å². The number of ether oxygens (including phenoxy) is 1. The SMILES string of the molecule is CCOc1ccc(NS(=O)(=O)c2ccc(C(=O)NCC(N)=O)cc2)cc1. The van der Waals surface area contributed by atoms with E-state index in [4.69, 9.17) is 10.5 Å². The first kappa shape index (κ1) is 19.3. The molecule has 0 fully saturated rings. The molecule has 0 bridgehead atoms. The Balaban J connectivity index is 2.08. The fourth-order valence-electron chi connectivity index (χ4n) is 2.05. The second kappa shape index (κ2) is 8.34. The molecule has 0 aliphatic rings. The minimum Gasteiger partial charge on any atom is -0.494 e. The van der Waals surface area contributed by atoms with Gasteiger partial charge in [0.25, 0.3) is 15.9 Å². The van der Waals surface area contributed by atoms with Gasteiger partial charge in [-0.15, -0.1) is 0 Å². The van der Waals surface area contributed by atoms with Crippen molar-refractivity contribution in [1.82, 2.24) is 5.32 Å². The van der Waals surface area contributed by atoms with Crippen molar-refractivity contribution in [3.8, 4) is 5.75 Å². The Kier molecular flexibility index (Phi) is 6.18. The summed E-state index contributed by atoms with van der Waals surface area (Å²) in [6.07, 6.45) is 0. The summed E-state index contributed by atoms with van der Waals surface area (Å²) in [7, 11) is -3.80. The van der Waals surface area contributed by atoms with Crippen molar-refractivity contribution in [2.75, 3.05) is 17.9 Å². The first-order valence-corrected chi connectivity index (χ1v) is 9.22. The molecule has 9 heteroatoms. The van der Waals surface area contributed by atoms with E-state index in [0.29, 0.717) is 18.0 Å². The largest absolute Gasteiger partial charge is 0.494 e. The quantitative estimate of drug-likeness (QED) is 0.635. The van der Waals surface area contributed by atoms with Crippen LogP contribution < -0.4 is 20.5 Å². The summed E-state index contributed by atoms with van der Waals surface area (Å²) in [5.74, 6) is -0.550. The lowest BCUT2D eigenvalue weighted by Gasteiger charge is -2.10. The second-order valence-corrected chi connectivity index (χ2v) is 6.92. The molecule has 0 saturated heterocycles. The monoisotopic (exact) mass is 377 g/mol. The van der Waals surface area contributed by atoms with E-state index in [1.54, 1.807) is 24.3 Å². The standard InChI is InChI=1S/C17H19N3O5S/c1-2-25-14-7-5-13(6-8-14)20-26(23,24)15-9-3-12(4-10-15)17(22)19-11-16(18)21/h3-10,20H,2,11H2,1H3,(H2,18,21)(H,19,22). The zero-order valence-corrected chi connectivity index (χ0v) is 14.9. The van der Waals surface area contributed by atoms with Gasteiger partial charge in [0.1, 0.15) is 5.75 Å². The number of primary amides is 1. The molecule has 0 radical (unpaired) electrons. The third kappa shape index (κ3) is 5.21. The Morgan fingerprint density at radius 1 is 1.04 bits per heavy atom. The van der Waals surface area contributed by atoms with Crippen molar-refractivity contribution in [2.24, 2.45) is 5.73 Å². The molecule has 4 N–H and O–H groups in total. The van der Waals surface area contributed by atoms with Gasteiger partial charge in [-0.2, -0.15) is 0 Å². The molecule has 138 valence electrons. The highest BCUT2D eigenvalue weighted by Gasteiger charge is 2.15. The van der Waals surface area contributed by atoms with Crippen molar-refractivity contribution < 1.29 is 22.7 Å². The average molecular weight is 377 g/mol. The zero-order valence-electron chi connectivity index (χ0n) is 14.1. The predicted octanol–water partition coefficient (Wildman–Crippen LogP) is 1.10. The van der Waals surface area contributed by atoms with E-state index in [1.165, 1.54) is 24.3 Å². The topological polar surface area (TPSA) is 128 Å². The molecular weight excluding hydrogens is 358 g/mol. The molecule has 2 aromatic carbocycles. The van der Waals surface area contributed by atoms with Crippen molar-refractivity contribution in [3.63, 3.8) is 0 Å². The first-order chi connectivity index (χ1) is 12.3. The molecule has 0 heterocycles. The molecule has 2 amide bonds. The third-order valence-electron chi connectivity index (χ3n) is 3.27. The normalized spacial score (nSPS) is 10.8. The Morgan fingerprint density at radius 3 is 2.19 bits per heavy atom. The average Bonchev–Trinajstić information content (AvgIpc) is 2.61. The van der Waals surface area contributed by atoms with Gasteiger partial charge in [0.05, 0.1) is 18.0 Å². The maximum Gasteiger partial charge on any atom is 0.261 e. The highest BCUT2D eigenvalue weighted by molar-refractivity contribution is 7.92. The summed E-state index contributed by atoms with van der Waals surface area (Å²) < 4.78 is 32.6. The minimum atomic E-state index is -3.80. The number of benzene rings is 2. The molecule has 8 nitrogen and oxygen atoms in total. The van der Waals surface area contributed by atoms with E-state index in [2.05, 4.69) is 10.0 Å². The van der Waals surface area contributed by atoms with Crippen LogP contribution in [0, 0.1) is 0 Å². The molecule has 0 aliphatic carbocycles. The van der Waals surface area contributed by atoms with Gasteiger partial charge in [0.2, 0.25) is 5.91 Å². The van der Waals surface area contributed by atoms with Crippen LogP contribution in [-0.2, 0) is 14.8 Å². The summed E-state index contributed by atoms with van der Waals surface area (Å²) in [5, 5.41) is 2.32. The maximum atomic E-state index is 12.4. The number of amides is 2. The van der Waals surface area contributed by atoms with Crippen LogP contribution in [0.15, 0.2) is 53.4 Å². The van der Waals surface area contributed by atoms with Crippen LogP contribution in [0.25, 0.3) is 0 Å². The molecule has 0 unspecified atom stereocenters. The Morgan fingerprint density at radius 2 is 1.65 bits per heavy atom. The summed E-state index contributed by atoms with van der Waals surface area (Å²) in [6.45, 7) is 2.08. The lowest BCUT2D eigenvalue weighted by Crippen LogP contribution is -2.33. The van der Waals surface area contributed by atoms with Gasteiger partial charge in [0.15, 0.2) is 0 Å². The number of nitrogens with one attached hydrogen (secondary N) is 2. The lowest BCUT2D eigenvalue weighted by atomic mass is 10.2. The van der Waals surface area contributed by atoms with Crippen molar-refractivity contribution in [3.05, 3.63) is 54.1 Å². The first-order valence-electron chi connectivity index (χ1n) is 7.74. The van der Waals surface area contributed by atoms with E-state index in [0.717, 1.165) is 0 Å². The van der Waals surface area contributed by atoms with Gasteiger partial charge >= 0.3 is 0 Å². The van der Waals surface area contributed by atoms with E-state index in [9.17, 15) is 18.0 Å². The van der Waals surface area contributed by atoms with Gasteiger partial charge in [0, 0.05) is 11.3 Å². The smallest absolute Gasteiger partial charge is 0.261 e. The highest BCUT2D eigenvalue weighted by Crippen LogP contribution is 2.20. The van der Waals surface area contributed by atoms with E-state index < -0.39 is 21.8 Å². The van der Waals surface area contributed by atoms with Crippen LogP contribution in [0.3, 0.4) is 0 Å². The number of anilines is 1. The van der Waals surface area contributed by atoms with Gasteiger partial charge in [-0.3, -0.25) is 14.3 Å². The van der Waals surface area contributed by atoms with Gasteiger partial charge in [-0.1, -0.05) is 0 Å². The number of carbonyl (C=O) groups is 2. The zero-order chi connectivity index (χ0) is 19.2. The van der Waals surface area contributed by atoms with Crippen LogP contribution >= 0.6 is 0 Å². The van der Waals surface area contributed by atoms with Crippen LogP contribution in [-0.4, -0.2) is 33.4 Å². The lowest BCUT2D eigenvalue weighted by molar-refractivity contribution is -0.117. The fourth-order valence-corrected chi connectivity index (χ4v) is 3.11. The summed E-state index contributed by atoms with van der Waals surface area (Å²) in [5.41, 5.74) is 5.55. The third-order valence-corrected chi connectivity index (χ3v) is 4.66. The minimum absolute atomic E-state index is 0.00200. The number of rotatable bonds is 8. The highest BCUT2D eigenvalue weighted by atomic mass is 32.2. The summed E-state index contributed by atoms with van der Waals surface area (Å²) >= 11 is 0. The van der Waals surface area contributed by atoms with Gasteiger partial charge in [-0.25, -0.2) is 8.42 Å². The van der Waals surface area contributed by atoms with Crippen LogP contribution in [0.5, 0.6) is 5.75 Å². The molecule has 2 aromatic rings. The molecular formula is C17H19N3O5S. The predicted molar refractivity (Wildman–Crippen MR) is 96.4 cm³/mol. The number of sulfonamides is 1. The molecule has 0 atom stereocenters. The van der Waals surface area contributed by atoms with Gasteiger partial charge in [-0.05, 0) is 55.5 Å². The van der Waals surface area contributed by atoms with Crippen molar-refractivity contribution in [2.45, 2.75) is 11.8 Å².